The van der Waals surface area contributed by atoms with Gasteiger partial charge in [0.25, 0.3) is 0 Å². The standard InChI is InChI=1S/C47H74N4O2S2/c1-4-7-9-11-13-15-17-19-21-37-23-27-40(28-24-37)48-45(54)50-42-31-33-47(44(52)53-6-3)34-32-43(36-39(47)35-42)51-46(55)49-41-29-25-38(26-30-41)22-20-18-16-14-12-10-8-5-2/h23-30,39,42-43H,4-22,31-36H2,1-3H3,(H2,48,50,54)(H2,49,51,55)/t39?,42-,43+,47?. The summed E-state index contributed by atoms with van der Waals surface area (Å²) in [4.78, 5) is 13.5. The van der Waals surface area contributed by atoms with Gasteiger partial charge in [0.2, 0.25) is 0 Å². The maximum atomic E-state index is 13.5. The second kappa shape index (κ2) is 25.5. The predicted octanol–water partition coefficient (Wildman–Crippen LogP) is 12.6. The number of anilines is 2. The van der Waals surface area contributed by atoms with Crippen molar-refractivity contribution in [3.63, 3.8) is 0 Å². The van der Waals surface area contributed by atoms with E-state index in [1.807, 2.05) is 6.92 Å². The monoisotopic (exact) mass is 791 g/mol. The van der Waals surface area contributed by atoms with Gasteiger partial charge in [0.1, 0.15) is 0 Å². The highest BCUT2D eigenvalue weighted by molar-refractivity contribution is 7.80. The number of hydrogen-bond acceptors (Lipinski definition) is 4. The zero-order valence-electron chi connectivity index (χ0n) is 34.7. The van der Waals surface area contributed by atoms with Crippen LogP contribution in [0.5, 0.6) is 0 Å². The van der Waals surface area contributed by atoms with Crippen molar-refractivity contribution in [1.29, 1.82) is 0 Å². The van der Waals surface area contributed by atoms with Crippen LogP contribution in [0.15, 0.2) is 48.5 Å². The van der Waals surface area contributed by atoms with E-state index in [4.69, 9.17) is 29.2 Å². The number of fused-ring (bicyclic) bond motifs is 1. The van der Waals surface area contributed by atoms with E-state index in [0.29, 0.717) is 16.8 Å². The van der Waals surface area contributed by atoms with Crippen LogP contribution in [0.1, 0.15) is 173 Å². The third kappa shape index (κ3) is 16.0. The molecule has 6 nitrogen and oxygen atoms in total. The van der Waals surface area contributed by atoms with Crippen molar-refractivity contribution in [2.75, 3.05) is 17.2 Å². The molecular formula is C47H74N4O2S2. The minimum Gasteiger partial charge on any atom is -0.466 e. The zero-order valence-corrected chi connectivity index (χ0v) is 36.3. The van der Waals surface area contributed by atoms with Crippen LogP contribution >= 0.6 is 24.4 Å². The molecule has 0 amide bonds. The molecule has 0 aliphatic heterocycles. The maximum Gasteiger partial charge on any atom is 0.312 e. The summed E-state index contributed by atoms with van der Waals surface area (Å²) in [5.74, 6) is 0.151. The van der Waals surface area contributed by atoms with E-state index < -0.39 is 5.41 Å². The molecule has 4 rings (SSSR count). The summed E-state index contributed by atoms with van der Waals surface area (Å²) in [6.45, 7) is 6.87. The molecule has 2 aliphatic carbocycles. The van der Waals surface area contributed by atoms with Gasteiger partial charge in [0, 0.05) is 23.5 Å². The molecule has 4 N–H and O–H groups in total. The molecule has 2 fully saturated rings. The number of esters is 1. The first-order valence-electron chi connectivity index (χ1n) is 22.3. The zero-order chi connectivity index (χ0) is 39.1. The molecular weight excluding hydrogens is 717 g/mol. The van der Waals surface area contributed by atoms with Gasteiger partial charge in [-0.2, -0.15) is 0 Å². The van der Waals surface area contributed by atoms with Crippen LogP contribution in [-0.2, 0) is 22.4 Å². The Kier molecular flexibility index (Phi) is 20.9. The second-order valence-electron chi connectivity index (χ2n) is 16.6. The van der Waals surface area contributed by atoms with Gasteiger partial charge in [0.05, 0.1) is 12.0 Å². The Morgan fingerprint density at radius 3 is 1.36 bits per heavy atom. The largest absolute Gasteiger partial charge is 0.466 e. The van der Waals surface area contributed by atoms with Crippen LogP contribution in [0, 0.1) is 11.3 Å². The number of hydrogen-bond donors (Lipinski definition) is 4. The van der Waals surface area contributed by atoms with E-state index in [0.717, 1.165) is 62.7 Å². The molecule has 8 heteroatoms. The molecule has 306 valence electrons. The lowest BCUT2D eigenvalue weighted by molar-refractivity contribution is -0.165. The molecule has 2 aromatic rings. The Morgan fingerprint density at radius 1 is 0.600 bits per heavy atom. The SMILES string of the molecule is CCCCCCCCCCc1ccc(NC(=S)N[C@@H]2CCC3(C(=O)OCC)CC[C@H](NC(=S)Nc4ccc(CCCCCCCCCC)cc4)CC3C2)cc1. The minimum atomic E-state index is -0.438. The van der Waals surface area contributed by atoms with Crippen molar-refractivity contribution in [3.05, 3.63) is 59.7 Å². The number of rotatable bonds is 24. The van der Waals surface area contributed by atoms with Gasteiger partial charge in [-0.3, -0.25) is 4.79 Å². The molecule has 0 heterocycles. The molecule has 0 spiro atoms. The van der Waals surface area contributed by atoms with Gasteiger partial charge in [0.15, 0.2) is 10.2 Å². The van der Waals surface area contributed by atoms with Crippen LogP contribution in [0.25, 0.3) is 0 Å². The maximum absolute atomic E-state index is 13.5. The highest BCUT2D eigenvalue weighted by Gasteiger charge is 2.53. The lowest BCUT2D eigenvalue weighted by Crippen LogP contribution is -2.55. The molecule has 2 saturated carbocycles. The fraction of sp³-hybridized carbons (Fsp3) is 0.681. The summed E-state index contributed by atoms with van der Waals surface area (Å²) in [6, 6.07) is 17.9. The summed E-state index contributed by atoms with van der Waals surface area (Å²) in [5.41, 5.74) is 4.35. The lowest BCUT2D eigenvalue weighted by atomic mass is 9.57. The van der Waals surface area contributed by atoms with Crippen LogP contribution in [0.4, 0.5) is 11.4 Å². The molecule has 55 heavy (non-hydrogen) atoms. The first-order chi connectivity index (χ1) is 26.8. The summed E-state index contributed by atoms with van der Waals surface area (Å²) in [5, 5.41) is 15.3. The number of thiocarbonyl (C=S) groups is 2. The average molecular weight is 791 g/mol. The number of nitrogens with one attached hydrogen (secondary N) is 4. The van der Waals surface area contributed by atoms with E-state index in [1.165, 1.54) is 114 Å². The van der Waals surface area contributed by atoms with Gasteiger partial charge in [-0.1, -0.05) is 128 Å². The minimum absolute atomic E-state index is 0.0302. The smallest absolute Gasteiger partial charge is 0.312 e. The van der Waals surface area contributed by atoms with Crippen molar-refractivity contribution in [3.8, 4) is 0 Å². The van der Waals surface area contributed by atoms with Crippen molar-refractivity contribution in [2.24, 2.45) is 11.3 Å². The first-order valence-corrected chi connectivity index (χ1v) is 23.2. The molecule has 2 unspecified atom stereocenters. The van der Waals surface area contributed by atoms with Gasteiger partial charge in [-0.05, 0) is 137 Å². The molecule has 0 bridgehead atoms. The number of aryl methyl sites for hydroxylation is 2. The Labute approximate surface area is 345 Å². The lowest BCUT2D eigenvalue weighted by Gasteiger charge is -2.49. The summed E-state index contributed by atoms with van der Waals surface area (Å²) in [6.07, 6.45) is 28.9. The highest BCUT2D eigenvalue weighted by atomic mass is 32.1. The molecule has 4 atom stereocenters. The molecule has 0 saturated heterocycles. The fourth-order valence-corrected chi connectivity index (χ4v) is 9.48. The predicted molar refractivity (Wildman–Crippen MR) is 242 cm³/mol. The Balaban J connectivity index is 1.20. The number of unbranched alkanes of at least 4 members (excludes halogenated alkanes) is 14. The van der Waals surface area contributed by atoms with E-state index in [9.17, 15) is 4.79 Å². The summed E-state index contributed by atoms with van der Waals surface area (Å²) >= 11 is 11.6. The van der Waals surface area contributed by atoms with Gasteiger partial charge in [-0.25, -0.2) is 0 Å². The second-order valence-corrected chi connectivity index (χ2v) is 17.4. The van der Waals surface area contributed by atoms with Crippen molar-refractivity contribution < 1.29 is 9.53 Å². The highest BCUT2D eigenvalue weighted by Crippen LogP contribution is 2.51. The van der Waals surface area contributed by atoms with E-state index in [1.54, 1.807) is 0 Å². The van der Waals surface area contributed by atoms with Crippen molar-refractivity contribution in [1.82, 2.24) is 10.6 Å². The first kappa shape index (κ1) is 45.0. The van der Waals surface area contributed by atoms with Gasteiger partial charge in [-0.15, -0.1) is 0 Å². The van der Waals surface area contributed by atoms with E-state index in [-0.39, 0.29) is 24.0 Å². The molecule has 2 aromatic carbocycles. The summed E-state index contributed by atoms with van der Waals surface area (Å²) in [7, 11) is 0. The Morgan fingerprint density at radius 2 is 0.982 bits per heavy atom. The number of carbonyl (C=O) groups is 1. The third-order valence-corrected chi connectivity index (χ3v) is 12.7. The quantitative estimate of drug-likeness (QED) is 0.0476. The van der Waals surface area contributed by atoms with Gasteiger partial charge >= 0.3 is 5.97 Å². The van der Waals surface area contributed by atoms with Gasteiger partial charge < -0.3 is 26.0 Å². The van der Waals surface area contributed by atoms with Crippen molar-refractivity contribution in [2.45, 2.75) is 187 Å². The Hall–Kier alpha value is -2.71. The van der Waals surface area contributed by atoms with Crippen molar-refractivity contribution >= 4 is 52.0 Å². The number of benzene rings is 2. The molecule has 0 radical (unpaired) electrons. The normalized spacial score (nSPS) is 20.6. The average Bonchev–Trinajstić information content (AvgIpc) is 3.18. The number of carbonyl (C=O) groups excluding carboxylic acids is 1. The summed E-state index contributed by atoms with van der Waals surface area (Å²) < 4.78 is 5.70. The fourth-order valence-electron chi connectivity index (χ4n) is 8.92. The van der Waals surface area contributed by atoms with Crippen LogP contribution in [-0.4, -0.2) is 34.9 Å². The van der Waals surface area contributed by atoms with Crippen LogP contribution < -0.4 is 21.3 Å². The Bertz CT molecular complexity index is 1310. The van der Waals surface area contributed by atoms with Crippen LogP contribution in [0.3, 0.4) is 0 Å². The van der Waals surface area contributed by atoms with Crippen LogP contribution in [0.2, 0.25) is 0 Å². The molecule has 0 aromatic heterocycles. The third-order valence-electron chi connectivity index (χ3n) is 12.2. The molecule has 2 aliphatic rings. The van der Waals surface area contributed by atoms with E-state index in [2.05, 4.69) is 83.6 Å². The number of ether oxygens (including phenoxy) is 1. The topological polar surface area (TPSA) is 74.4 Å². The van der Waals surface area contributed by atoms with E-state index >= 15 is 0 Å².